The van der Waals surface area contributed by atoms with Crippen LogP contribution in [0.2, 0.25) is 0 Å². The number of carboxylic acids is 1. The van der Waals surface area contributed by atoms with Crippen LogP contribution in [-0.2, 0) is 11.3 Å². The second-order valence-corrected chi connectivity index (χ2v) is 11.8. The van der Waals surface area contributed by atoms with Gasteiger partial charge in [-0.2, -0.15) is 0 Å². The fraction of sp³-hybridized carbons (Fsp3) is 0.257. The molecule has 0 bridgehead atoms. The Morgan fingerprint density at radius 1 is 0.872 bits per heavy atom. The molecule has 2 amide bonds. The molecule has 2 aliphatic rings. The van der Waals surface area contributed by atoms with E-state index in [0.29, 0.717) is 41.6 Å². The third-order valence-corrected chi connectivity index (χ3v) is 8.48. The highest BCUT2D eigenvalue weighted by molar-refractivity contribution is 6.06. The number of likely N-dealkylation sites (tertiary alicyclic amines) is 1. The minimum atomic E-state index is -0.980. The number of carboxylic acid groups (broad SMARTS) is 1. The van der Waals surface area contributed by atoms with Crippen molar-refractivity contribution < 1.29 is 24.6 Å². The van der Waals surface area contributed by atoms with Crippen molar-refractivity contribution in [1.29, 1.82) is 0 Å². The summed E-state index contributed by atoms with van der Waals surface area (Å²) in [6.07, 6.45) is 3.68. The number of amidine groups is 1. The number of hydrogen-bond acceptors (Lipinski definition) is 9. The van der Waals surface area contributed by atoms with Gasteiger partial charge in [-0.15, -0.1) is 0 Å². The molecule has 0 radical (unpaired) electrons. The highest BCUT2D eigenvalue weighted by Gasteiger charge is 2.25. The molecule has 0 aliphatic carbocycles. The number of aliphatic hydroxyl groups excluding tert-OH is 1. The SMILES string of the molecule is Cc1c(NC(=O)c2ccc(CN3CCC(O)C3)cn2)cccc1-c1cccc(NC(=O)c2ccc(C3=NCC(C(=O)O)N3)cn2)c1C. The van der Waals surface area contributed by atoms with E-state index in [4.69, 9.17) is 0 Å². The number of carbonyl (C=O) groups excluding carboxylic acids is 2. The van der Waals surface area contributed by atoms with Crippen LogP contribution in [0.3, 0.4) is 0 Å². The lowest BCUT2D eigenvalue weighted by atomic mass is 9.94. The zero-order chi connectivity index (χ0) is 33.1. The molecule has 2 unspecified atom stereocenters. The molecule has 12 nitrogen and oxygen atoms in total. The van der Waals surface area contributed by atoms with Crippen LogP contribution in [0.25, 0.3) is 11.1 Å². The molecular weight excluding hydrogens is 598 g/mol. The van der Waals surface area contributed by atoms with Gasteiger partial charge < -0.3 is 26.2 Å². The summed E-state index contributed by atoms with van der Waals surface area (Å²) in [5.41, 5.74) is 6.85. The van der Waals surface area contributed by atoms with Gasteiger partial charge in [0, 0.05) is 49.0 Å². The molecule has 1 saturated heterocycles. The Morgan fingerprint density at radius 2 is 1.49 bits per heavy atom. The third-order valence-electron chi connectivity index (χ3n) is 8.48. The lowest BCUT2D eigenvalue weighted by molar-refractivity contribution is -0.138. The summed E-state index contributed by atoms with van der Waals surface area (Å²) in [7, 11) is 0. The average molecular weight is 634 g/mol. The number of aliphatic hydroxyl groups is 1. The van der Waals surface area contributed by atoms with Crippen molar-refractivity contribution in [2.75, 3.05) is 30.3 Å². The number of aliphatic imine (C=N–C) groups is 1. The van der Waals surface area contributed by atoms with Gasteiger partial charge in [0.25, 0.3) is 11.8 Å². The van der Waals surface area contributed by atoms with Gasteiger partial charge in [0.1, 0.15) is 23.3 Å². The molecule has 2 aromatic carbocycles. The quantitative estimate of drug-likeness (QED) is 0.185. The van der Waals surface area contributed by atoms with E-state index in [0.717, 1.165) is 40.8 Å². The molecule has 2 aliphatic heterocycles. The molecule has 4 heterocycles. The largest absolute Gasteiger partial charge is 0.480 e. The summed E-state index contributed by atoms with van der Waals surface area (Å²) in [6, 6.07) is 17.4. The normalized spacial score (nSPS) is 17.6. The zero-order valence-electron chi connectivity index (χ0n) is 26.0. The van der Waals surface area contributed by atoms with Crippen molar-refractivity contribution in [2.45, 2.75) is 39.0 Å². The van der Waals surface area contributed by atoms with Gasteiger partial charge >= 0.3 is 5.97 Å². The Kier molecular flexibility index (Phi) is 9.05. The van der Waals surface area contributed by atoms with E-state index in [1.807, 2.05) is 56.3 Å². The number of carbonyl (C=O) groups is 3. The van der Waals surface area contributed by atoms with E-state index in [1.54, 1.807) is 24.4 Å². The summed E-state index contributed by atoms with van der Waals surface area (Å²) < 4.78 is 0. The van der Waals surface area contributed by atoms with Gasteiger partial charge in [-0.3, -0.25) is 29.4 Å². The molecule has 12 heteroatoms. The zero-order valence-corrected chi connectivity index (χ0v) is 26.0. The van der Waals surface area contributed by atoms with Crippen molar-refractivity contribution in [3.63, 3.8) is 0 Å². The number of benzene rings is 2. The average Bonchev–Trinajstić information content (AvgIpc) is 3.73. The smallest absolute Gasteiger partial charge is 0.328 e. The van der Waals surface area contributed by atoms with Crippen LogP contribution in [0.5, 0.6) is 0 Å². The molecule has 4 aromatic rings. The molecule has 1 fully saturated rings. The van der Waals surface area contributed by atoms with Crippen LogP contribution >= 0.6 is 0 Å². The Hall–Kier alpha value is -5.46. The van der Waals surface area contributed by atoms with E-state index in [1.165, 1.54) is 6.20 Å². The topological polar surface area (TPSA) is 169 Å². The minimum Gasteiger partial charge on any atom is -0.480 e. The Bertz CT molecular complexity index is 1860. The van der Waals surface area contributed by atoms with Crippen molar-refractivity contribution in [1.82, 2.24) is 20.2 Å². The maximum atomic E-state index is 13.1. The van der Waals surface area contributed by atoms with E-state index in [9.17, 15) is 24.6 Å². The van der Waals surface area contributed by atoms with Crippen molar-refractivity contribution >= 4 is 35.0 Å². The van der Waals surface area contributed by atoms with Gasteiger partial charge in [0.2, 0.25) is 0 Å². The Labute approximate surface area is 271 Å². The summed E-state index contributed by atoms with van der Waals surface area (Å²) >= 11 is 0. The van der Waals surface area contributed by atoms with E-state index >= 15 is 0 Å². The van der Waals surface area contributed by atoms with Gasteiger partial charge in [0.05, 0.1) is 12.6 Å². The molecule has 6 rings (SSSR count). The van der Waals surface area contributed by atoms with Crippen molar-refractivity contribution in [2.24, 2.45) is 4.99 Å². The number of nitrogens with one attached hydrogen (secondary N) is 3. The molecule has 240 valence electrons. The first-order chi connectivity index (χ1) is 22.7. The molecule has 5 N–H and O–H groups in total. The van der Waals surface area contributed by atoms with Gasteiger partial charge in [-0.05, 0) is 78.4 Å². The maximum absolute atomic E-state index is 13.1. The van der Waals surface area contributed by atoms with Gasteiger partial charge in [-0.1, -0.05) is 30.3 Å². The van der Waals surface area contributed by atoms with Crippen molar-refractivity contribution in [3.05, 3.63) is 107 Å². The first-order valence-corrected chi connectivity index (χ1v) is 15.3. The van der Waals surface area contributed by atoms with Crippen molar-refractivity contribution in [3.8, 4) is 11.1 Å². The second kappa shape index (κ2) is 13.5. The van der Waals surface area contributed by atoms with Gasteiger partial charge in [0.15, 0.2) is 0 Å². The predicted octanol–water partition coefficient (Wildman–Crippen LogP) is 3.63. The number of nitrogens with zero attached hydrogens (tertiary/aromatic N) is 4. The lowest BCUT2D eigenvalue weighted by Crippen LogP contribution is -2.37. The standard InChI is InChI=1S/C35H35N7O5/c1-20-25(5-3-7-27(20)40-33(44)29-11-9-22(15-36-29)18-42-14-13-24(43)19-42)26-6-4-8-28(21(26)2)41-34(45)30-12-10-23(16-37-30)32-38-17-31(39-32)35(46)47/h3-12,15-16,24,31,43H,13-14,17-19H2,1-2H3,(H,38,39)(H,40,44)(H,41,45)(H,46,47). The van der Waals surface area contributed by atoms with Crippen LogP contribution in [0.1, 0.15) is 49.7 Å². The first kappa shape index (κ1) is 31.5. The maximum Gasteiger partial charge on any atom is 0.328 e. The minimum absolute atomic E-state index is 0.134. The predicted molar refractivity (Wildman–Crippen MR) is 178 cm³/mol. The number of aromatic nitrogens is 2. The van der Waals surface area contributed by atoms with E-state index < -0.39 is 17.9 Å². The number of amides is 2. The molecule has 0 spiro atoms. The number of rotatable bonds is 9. The molecular formula is C35H35N7O5. The summed E-state index contributed by atoms with van der Waals surface area (Å²) in [4.78, 5) is 52.5. The number of aliphatic carboxylic acids is 1. The molecule has 0 saturated carbocycles. The lowest BCUT2D eigenvalue weighted by Gasteiger charge is -2.17. The summed E-state index contributed by atoms with van der Waals surface area (Å²) in [6.45, 7) is 6.15. The highest BCUT2D eigenvalue weighted by Crippen LogP contribution is 2.34. The van der Waals surface area contributed by atoms with Crippen LogP contribution in [0.4, 0.5) is 11.4 Å². The molecule has 2 aromatic heterocycles. The highest BCUT2D eigenvalue weighted by atomic mass is 16.4. The van der Waals surface area contributed by atoms with Crippen LogP contribution in [-0.4, -0.2) is 80.5 Å². The van der Waals surface area contributed by atoms with Gasteiger partial charge in [-0.25, -0.2) is 4.79 Å². The third kappa shape index (κ3) is 7.03. The Morgan fingerprint density at radius 3 is 1.98 bits per heavy atom. The fourth-order valence-corrected chi connectivity index (χ4v) is 5.79. The number of hydrogen-bond donors (Lipinski definition) is 5. The van der Waals surface area contributed by atoms with E-state index in [2.05, 4.69) is 35.8 Å². The molecule has 47 heavy (non-hydrogen) atoms. The van der Waals surface area contributed by atoms with Crippen LogP contribution < -0.4 is 16.0 Å². The monoisotopic (exact) mass is 633 g/mol. The Balaban J connectivity index is 1.13. The summed E-state index contributed by atoms with van der Waals surface area (Å²) in [5.74, 6) is -1.26. The molecule has 2 atom stereocenters. The summed E-state index contributed by atoms with van der Waals surface area (Å²) in [5, 5.41) is 27.7. The first-order valence-electron chi connectivity index (χ1n) is 15.3. The second-order valence-electron chi connectivity index (χ2n) is 11.8. The fourth-order valence-electron chi connectivity index (χ4n) is 5.79. The number of β-amino-alcohol motifs (C(OH)–C–C–N with tert-alkyl or cyclic N) is 1. The van der Waals surface area contributed by atoms with Crippen LogP contribution in [0, 0.1) is 13.8 Å². The number of pyridine rings is 2. The van der Waals surface area contributed by atoms with E-state index in [-0.39, 0.29) is 24.2 Å². The van der Waals surface area contributed by atoms with Crippen LogP contribution in [0.15, 0.2) is 78.0 Å². The number of anilines is 2.